The van der Waals surface area contributed by atoms with Gasteiger partial charge >= 0.3 is 0 Å². The lowest BCUT2D eigenvalue weighted by Crippen LogP contribution is -2.63. The lowest BCUT2D eigenvalue weighted by atomic mass is 9.93. The summed E-state index contributed by atoms with van der Waals surface area (Å²) in [6, 6.07) is 0.650. The molecule has 0 radical (unpaired) electrons. The summed E-state index contributed by atoms with van der Waals surface area (Å²) in [6.45, 7) is 13.7. The Bertz CT molecular complexity index is 272. The number of nitrogens with zero attached hydrogens (tertiary/aromatic N) is 1. The lowest BCUT2D eigenvalue weighted by molar-refractivity contribution is -0.0385. The zero-order valence-electron chi connectivity index (χ0n) is 13.2. The van der Waals surface area contributed by atoms with Crippen molar-refractivity contribution in [3.05, 3.63) is 0 Å². The minimum absolute atomic E-state index is 0.258. The Kier molecular flexibility index (Phi) is 5.27. The number of ether oxygens (including phenoxy) is 1. The van der Waals surface area contributed by atoms with Crippen LogP contribution in [0.15, 0.2) is 0 Å². The van der Waals surface area contributed by atoms with Crippen molar-refractivity contribution in [2.24, 2.45) is 5.92 Å². The molecule has 0 aromatic heterocycles. The van der Waals surface area contributed by atoms with Gasteiger partial charge in [0.05, 0.1) is 6.10 Å². The molecule has 0 aromatic rings. The van der Waals surface area contributed by atoms with Crippen LogP contribution in [0.3, 0.4) is 0 Å². The van der Waals surface area contributed by atoms with E-state index in [1.165, 1.54) is 32.2 Å². The summed E-state index contributed by atoms with van der Waals surface area (Å²) in [5.41, 5.74) is 0.258. The molecule has 0 amide bonds. The predicted octanol–water partition coefficient (Wildman–Crippen LogP) is 2.65. The van der Waals surface area contributed by atoms with Crippen LogP contribution in [-0.2, 0) is 4.74 Å². The fraction of sp³-hybridized carbons (Fsp3) is 1.00. The first kappa shape index (κ1) is 15.3. The second-order valence-electron chi connectivity index (χ2n) is 7.41. The van der Waals surface area contributed by atoms with E-state index in [2.05, 4.69) is 37.9 Å². The highest BCUT2D eigenvalue weighted by atomic mass is 16.5. The molecule has 2 aliphatic heterocycles. The maximum atomic E-state index is 5.93. The molecular formula is C16H32N2O. The first-order valence-corrected chi connectivity index (χ1v) is 8.07. The summed E-state index contributed by atoms with van der Waals surface area (Å²) >= 11 is 0. The molecule has 1 N–H and O–H groups in total. The number of piperazine rings is 1. The molecule has 3 nitrogen and oxygen atoms in total. The van der Waals surface area contributed by atoms with E-state index in [-0.39, 0.29) is 5.54 Å². The van der Waals surface area contributed by atoms with Crippen molar-refractivity contribution in [2.45, 2.75) is 71.1 Å². The van der Waals surface area contributed by atoms with Gasteiger partial charge in [0.2, 0.25) is 0 Å². The zero-order valence-corrected chi connectivity index (χ0v) is 13.2. The van der Waals surface area contributed by atoms with Crippen LogP contribution < -0.4 is 5.32 Å². The molecule has 0 aliphatic carbocycles. The topological polar surface area (TPSA) is 24.5 Å². The van der Waals surface area contributed by atoms with E-state index in [4.69, 9.17) is 4.74 Å². The Balaban J connectivity index is 1.90. The number of hydrogen-bond donors (Lipinski definition) is 1. The minimum atomic E-state index is 0.258. The van der Waals surface area contributed by atoms with Crippen molar-refractivity contribution >= 4 is 0 Å². The maximum absolute atomic E-state index is 5.93. The van der Waals surface area contributed by atoms with Crippen LogP contribution in [0.4, 0.5) is 0 Å². The van der Waals surface area contributed by atoms with E-state index in [0.29, 0.717) is 12.1 Å². The van der Waals surface area contributed by atoms with Crippen molar-refractivity contribution in [3.8, 4) is 0 Å². The fourth-order valence-corrected chi connectivity index (χ4v) is 3.33. The van der Waals surface area contributed by atoms with Gasteiger partial charge in [0.15, 0.2) is 0 Å². The Labute approximate surface area is 119 Å². The van der Waals surface area contributed by atoms with Crippen molar-refractivity contribution in [3.63, 3.8) is 0 Å². The van der Waals surface area contributed by atoms with Crippen LogP contribution in [0.25, 0.3) is 0 Å². The minimum Gasteiger partial charge on any atom is -0.377 e. The molecular weight excluding hydrogens is 236 g/mol. The molecule has 2 aliphatic rings. The Morgan fingerprint density at radius 1 is 1.32 bits per heavy atom. The van der Waals surface area contributed by atoms with Crippen LogP contribution in [0.2, 0.25) is 0 Å². The van der Waals surface area contributed by atoms with Crippen LogP contribution >= 0.6 is 0 Å². The van der Waals surface area contributed by atoms with Gasteiger partial charge in [0, 0.05) is 37.8 Å². The molecule has 0 bridgehead atoms. The van der Waals surface area contributed by atoms with Crippen LogP contribution in [0.1, 0.15) is 53.4 Å². The number of nitrogens with one attached hydrogen (secondary N) is 1. The quantitative estimate of drug-likeness (QED) is 0.848. The molecule has 3 heteroatoms. The highest BCUT2D eigenvalue weighted by Gasteiger charge is 2.35. The summed E-state index contributed by atoms with van der Waals surface area (Å²) in [4.78, 5) is 2.66. The van der Waals surface area contributed by atoms with Crippen molar-refractivity contribution in [2.75, 3.05) is 26.2 Å². The van der Waals surface area contributed by atoms with Gasteiger partial charge in [-0.1, -0.05) is 13.8 Å². The third kappa shape index (κ3) is 4.44. The normalized spacial score (nSPS) is 32.7. The largest absolute Gasteiger partial charge is 0.377 e. The standard InChI is InChI=1S/C16H32N2O/c1-13(2)9-14-10-18(16(3,4)12-17-14)11-15-7-5-6-8-19-15/h13-15,17H,5-12H2,1-4H3. The highest BCUT2D eigenvalue weighted by molar-refractivity contribution is 4.94. The Morgan fingerprint density at radius 3 is 2.74 bits per heavy atom. The molecule has 0 saturated carbocycles. The van der Waals surface area contributed by atoms with E-state index in [9.17, 15) is 0 Å². The Hall–Kier alpha value is -0.120. The van der Waals surface area contributed by atoms with E-state index in [1.807, 2.05) is 0 Å². The third-order valence-electron chi connectivity index (χ3n) is 4.57. The van der Waals surface area contributed by atoms with E-state index in [1.54, 1.807) is 0 Å². The summed E-state index contributed by atoms with van der Waals surface area (Å²) in [7, 11) is 0. The van der Waals surface area contributed by atoms with Crippen LogP contribution in [0.5, 0.6) is 0 Å². The molecule has 19 heavy (non-hydrogen) atoms. The summed E-state index contributed by atoms with van der Waals surface area (Å²) in [5.74, 6) is 0.770. The molecule has 2 unspecified atom stereocenters. The smallest absolute Gasteiger partial charge is 0.0702 e. The zero-order chi connectivity index (χ0) is 13.9. The first-order chi connectivity index (χ1) is 8.97. The Morgan fingerprint density at radius 2 is 2.11 bits per heavy atom. The van der Waals surface area contributed by atoms with Gasteiger partial charge in [0.1, 0.15) is 0 Å². The summed E-state index contributed by atoms with van der Waals surface area (Å²) < 4.78 is 5.93. The van der Waals surface area contributed by atoms with Crippen molar-refractivity contribution in [1.29, 1.82) is 0 Å². The first-order valence-electron chi connectivity index (χ1n) is 8.07. The maximum Gasteiger partial charge on any atom is 0.0702 e. The lowest BCUT2D eigenvalue weighted by Gasteiger charge is -2.48. The molecule has 2 atom stereocenters. The van der Waals surface area contributed by atoms with Gasteiger partial charge in [0.25, 0.3) is 0 Å². The molecule has 112 valence electrons. The summed E-state index contributed by atoms with van der Waals surface area (Å²) in [6.07, 6.45) is 5.57. The van der Waals surface area contributed by atoms with Crippen LogP contribution in [0, 0.1) is 5.92 Å². The van der Waals surface area contributed by atoms with Gasteiger partial charge in [-0.15, -0.1) is 0 Å². The van der Waals surface area contributed by atoms with Crippen LogP contribution in [-0.4, -0.2) is 48.8 Å². The van der Waals surface area contributed by atoms with Gasteiger partial charge in [-0.3, -0.25) is 4.90 Å². The number of hydrogen-bond acceptors (Lipinski definition) is 3. The molecule has 0 aromatic carbocycles. The number of rotatable bonds is 4. The van der Waals surface area contributed by atoms with Gasteiger partial charge in [-0.05, 0) is 45.4 Å². The van der Waals surface area contributed by atoms with E-state index >= 15 is 0 Å². The molecule has 2 saturated heterocycles. The fourth-order valence-electron chi connectivity index (χ4n) is 3.33. The monoisotopic (exact) mass is 268 g/mol. The average molecular weight is 268 g/mol. The average Bonchev–Trinajstić information content (AvgIpc) is 2.34. The summed E-state index contributed by atoms with van der Waals surface area (Å²) in [5, 5.41) is 3.73. The second-order valence-corrected chi connectivity index (χ2v) is 7.41. The van der Waals surface area contributed by atoms with Gasteiger partial charge in [-0.25, -0.2) is 0 Å². The van der Waals surface area contributed by atoms with E-state index in [0.717, 1.165) is 25.6 Å². The second kappa shape index (κ2) is 6.55. The van der Waals surface area contributed by atoms with Crippen molar-refractivity contribution < 1.29 is 4.74 Å². The molecule has 2 heterocycles. The molecule has 2 fully saturated rings. The predicted molar refractivity (Wildman–Crippen MR) is 80.5 cm³/mol. The highest BCUT2D eigenvalue weighted by Crippen LogP contribution is 2.24. The SMILES string of the molecule is CC(C)CC1CN(CC2CCCCO2)C(C)(C)CN1. The van der Waals surface area contributed by atoms with Crippen molar-refractivity contribution in [1.82, 2.24) is 10.2 Å². The third-order valence-corrected chi connectivity index (χ3v) is 4.57. The van der Waals surface area contributed by atoms with Gasteiger partial charge < -0.3 is 10.1 Å². The molecule has 0 spiro atoms. The molecule has 2 rings (SSSR count). The van der Waals surface area contributed by atoms with Gasteiger partial charge in [-0.2, -0.15) is 0 Å². The van der Waals surface area contributed by atoms with E-state index < -0.39 is 0 Å².